The standard InChI is InChI=1S/C19H23F3N4O/c1-25-12-16(11-23-25)24-15-5-3-4-13(10-15)18(27)26(2)17-8-6-14(7-9-17)19(20,21)22/h3-5,10-12,14,17,24H,6-9H2,1-2H3. The van der Waals surface area contributed by atoms with Gasteiger partial charge in [-0.1, -0.05) is 6.07 Å². The molecular weight excluding hydrogens is 357 g/mol. The van der Waals surface area contributed by atoms with Gasteiger partial charge in [-0.2, -0.15) is 18.3 Å². The molecule has 1 heterocycles. The van der Waals surface area contributed by atoms with Crippen LogP contribution in [0.1, 0.15) is 36.0 Å². The van der Waals surface area contributed by atoms with E-state index in [2.05, 4.69) is 10.4 Å². The van der Waals surface area contributed by atoms with Crippen LogP contribution in [0.4, 0.5) is 24.5 Å². The molecule has 1 saturated carbocycles. The number of carbonyl (C=O) groups excluding carboxylic acids is 1. The van der Waals surface area contributed by atoms with Crippen molar-refractivity contribution in [1.29, 1.82) is 0 Å². The lowest BCUT2D eigenvalue weighted by molar-refractivity contribution is -0.183. The molecule has 1 aliphatic carbocycles. The number of alkyl halides is 3. The molecule has 0 radical (unpaired) electrons. The van der Waals surface area contributed by atoms with Gasteiger partial charge in [-0.05, 0) is 43.9 Å². The number of nitrogens with zero attached hydrogens (tertiary/aromatic N) is 3. The highest BCUT2D eigenvalue weighted by atomic mass is 19.4. The number of amides is 1. The molecule has 1 aromatic carbocycles. The minimum Gasteiger partial charge on any atom is -0.353 e. The zero-order chi connectivity index (χ0) is 19.6. The highest BCUT2D eigenvalue weighted by Crippen LogP contribution is 2.38. The summed E-state index contributed by atoms with van der Waals surface area (Å²) in [5, 5.41) is 7.26. The maximum atomic E-state index is 12.8. The first-order valence-corrected chi connectivity index (χ1v) is 8.93. The van der Waals surface area contributed by atoms with E-state index in [9.17, 15) is 18.0 Å². The molecule has 0 atom stereocenters. The van der Waals surface area contributed by atoms with Crippen LogP contribution in [0.3, 0.4) is 0 Å². The lowest BCUT2D eigenvalue weighted by atomic mass is 9.85. The lowest BCUT2D eigenvalue weighted by Crippen LogP contribution is -2.41. The van der Waals surface area contributed by atoms with Gasteiger partial charge in [0, 0.05) is 37.6 Å². The smallest absolute Gasteiger partial charge is 0.353 e. The third kappa shape index (κ3) is 4.61. The van der Waals surface area contributed by atoms with Crippen LogP contribution >= 0.6 is 0 Å². The summed E-state index contributed by atoms with van der Waals surface area (Å²) in [6.45, 7) is 0. The van der Waals surface area contributed by atoms with Gasteiger partial charge in [0.1, 0.15) is 0 Å². The zero-order valence-corrected chi connectivity index (χ0v) is 15.3. The van der Waals surface area contributed by atoms with Crippen LogP contribution < -0.4 is 5.32 Å². The normalized spacial score (nSPS) is 20.3. The molecule has 0 saturated heterocycles. The molecule has 1 fully saturated rings. The summed E-state index contributed by atoms with van der Waals surface area (Å²) >= 11 is 0. The molecule has 3 rings (SSSR count). The van der Waals surface area contributed by atoms with E-state index in [0.29, 0.717) is 18.4 Å². The number of benzene rings is 1. The van der Waals surface area contributed by atoms with Crippen LogP contribution in [0.5, 0.6) is 0 Å². The number of aryl methyl sites for hydroxylation is 1. The first kappa shape index (κ1) is 19.3. The molecule has 1 aliphatic rings. The Bertz CT molecular complexity index is 794. The Morgan fingerprint density at radius 3 is 2.52 bits per heavy atom. The van der Waals surface area contributed by atoms with Gasteiger partial charge in [-0.3, -0.25) is 9.48 Å². The van der Waals surface area contributed by atoms with Gasteiger partial charge in [0.05, 0.1) is 17.8 Å². The maximum absolute atomic E-state index is 12.8. The van der Waals surface area contributed by atoms with Crippen molar-refractivity contribution in [3.8, 4) is 0 Å². The highest BCUT2D eigenvalue weighted by molar-refractivity contribution is 5.95. The van der Waals surface area contributed by atoms with Gasteiger partial charge in [0.15, 0.2) is 0 Å². The van der Waals surface area contributed by atoms with E-state index in [0.717, 1.165) is 11.4 Å². The van der Waals surface area contributed by atoms with Crippen LogP contribution in [-0.4, -0.2) is 39.9 Å². The Kier molecular flexibility index (Phi) is 5.43. The highest BCUT2D eigenvalue weighted by Gasteiger charge is 2.42. The van der Waals surface area contributed by atoms with E-state index < -0.39 is 12.1 Å². The summed E-state index contributed by atoms with van der Waals surface area (Å²) in [4.78, 5) is 14.4. The van der Waals surface area contributed by atoms with E-state index in [1.807, 2.05) is 19.3 Å². The average molecular weight is 380 g/mol. The first-order chi connectivity index (χ1) is 12.7. The number of carbonyl (C=O) groups is 1. The van der Waals surface area contributed by atoms with Crippen molar-refractivity contribution in [1.82, 2.24) is 14.7 Å². The van der Waals surface area contributed by atoms with Crippen molar-refractivity contribution in [2.24, 2.45) is 13.0 Å². The minimum atomic E-state index is -4.14. The van der Waals surface area contributed by atoms with Gasteiger partial charge in [-0.25, -0.2) is 0 Å². The SMILES string of the molecule is CN(C(=O)c1cccc(Nc2cnn(C)c2)c1)C1CCC(C(F)(F)F)CC1. The predicted molar refractivity (Wildman–Crippen MR) is 96.8 cm³/mol. The van der Waals surface area contributed by atoms with Crippen LogP contribution in [-0.2, 0) is 7.05 Å². The molecule has 1 amide bonds. The quantitative estimate of drug-likeness (QED) is 0.858. The van der Waals surface area contributed by atoms with Gasteiger partial charge in [0.2, 0.25) is 0 Å². The molecule has 1 N–H and O–H groups in total. The second kappa shape index (κ2) is 7.62. The second-order valence-electron chi connectivity index (χ2n) is 7.07. The molecule has 0 unspecified atom stereocenters. The summed E-state index contributed by atoms with van der Waals surface area (Å²) in [6.07, 6.45) is 0.266. The molecule has 5 nitrogen and oxygen atoms in total. The number of hydrogen-bond acceptors (Lipinski definition) is 3. The van der Waals surface area contributed by atoms with Crippen LogP contribution in [0, 0.1) is 5.92 Å². The van der Waals surface area contributed by atoms with Crippen molar-refractivity contribution < 1.29 is 18.0 Å². The summed E-state index contributed by atoms with van der Waals surface area (Å²) in [7, 11) is 3.48. The number of hydrogen-bond donors (Lipinski definition) is 1. The summed E-state index contributed by atoms with van der Waals surface area (Å²) in [6, 6.07) is 6.92. The number of rotatable bonds is 4. The summed E-state index contributed by atoms with van der Waals surface area (Å²) < 4.78 is 40.1. The van der Waals surface area contributed by atoms with E-state index in [4.69, 9.17) is 0 Å². The van der Waals surface area contributed by atoms with Crippen molar-refractivity contribution in [3.63, 3.8) is 0 Å². The Hall–Kier alpha value is -2.51. The fraction of sp³-hybridized carbons (Fsp3) is 0.474. The van der Waals surface area contributed by atoms with Crippen molar-refractivity contribution >= 4 is 17.3 Å². The monoisotopic (exact) mass is 380 g/mol. The van der Waals surface area contributed by atoms with E-state index >= 15 is 0 Å². The van der Waals surface area contributed by atoms with Gasteiger partial charge in [0.25, 0.3) is 5.91 Å². The molecule has 8 heteroatoms. The Morgan fingerprint density at radius 2 is 1.93 bits per heavy atom. The lowest BCUT2D eigenvalue weighted by Gasteiger charge is -2.35. The fourth-order valence-electron chi connectivity index (χ4n) is 3.54. The topological polar surface area (TPSA) is 50.2 Å². The van der Waals surface area contributed by atoms with Crippen molar-refractivity contribution in [2.75, 3.05) is 12.4 Å². The molecule has 146 valence electrons. The Balaban J connectivity index is 1.64. The Morgan fingerprint density at radius 1 is 1.22 bits per heavy atom. The predicted octanol–water partition coefficient (Wildman–Crippen LogP) is 4.36. The minimum absolute atomic E-state index is 0.0778. The molecule has 0 spiro atoms. The number of nitrogens with one attached hydrogen (secondary N) is 1. The second-order valence-corrected chi connectivity index (χ2v) is 7.07. The largest absolute Gasteiger partial charge is 0.391 e. The number of aromatic nitrogens is 2. The zero-order valence-electron chi connectivity index (χ0n) is 15.3. The van der Waals surface area contributed by atoms with Crippen LogP contribution in [0.2, 0.25) is 0 Å². The van der Waals surface area contributed by atoms with Crippen molar-refractivity contribution in [2.45, 2.75) is 37.9 Å². The molecule has 0 aliphatic heterocycles. The Labute approximate surface area is 156 Å². The van der Waals surface area contributed by atoms with Gasteiger partial charge >= 0.3 is 6.18 Å². The molecule has 2 aromatic rings. The molecule has 27 heavy (non-hydrogen) atoms. The van der Waals surface area contributed by atoms with Crippen LogP contribution in [0.25, 0.3) is 0 Å². The number of halogens is 3. The van der Waals surface area contributed by atoms with Gasteiger partial charge in [-0.15, -0.1) is 0 Å². The van der Waals surface area contributed by atoms with E-state index in [1.165, 1.54) is 0 Å². The molecular formula is C19H23F3N4O. The first-order valence-electron chi connectivity index (χ1n) is 8.93. The van der Waals surface area contributed by atoms with Gasteiger partial charge < -0.3 is 10.2 Å². The maximum Gasteiger partial charge on any atom is 0.391 e. The van der Waals surface area contributed by atoms with E-state index in [1.54, 1.807) is 41.0 Å². The van der Waals surface area contributed by atoms with Crippen LogP contribution in [0.15, 0.2) is 36.7 Å². The molecule has 1 aromatic heterocycles. The third-order valence-electron chi connectivity index (χ3n) is 5.13. The summed E-state index contributed by atoms with van der Waals surface area (Å²) in [5.41, 5.74) is 2.06. The third-order valence-corrected chi connectivity index (χ3v) is 5.13. The average Bonchev–Trinajstić information content (AvgIpc) is 3.05. The number of anilines is 2. The van der Waals surface area contributed by atoms with E-state index in [-0.39, 0.29) is 24.8 Å². The van der Waals surface area contributed by atoms with Crippen molar-refractivity contribution in [3.05, 3.63) is 42.2 Å². The fourth-order valence-corrected chi connectivity index (χ4v) is 3.54. The summed E-state index contributed by atoms with van der Waals surface area (Å²) in [5.74, 6) is -1.43. The molecule has 0 bridgehead atoms.